The van der Waals surface area contributed by atoms with Crippen LogP contribution in [0, 0.1) is 5.82 Å². The van der Waals surface area contributed by atoms with Crippen molar-refractivity contribution in [3.63, 3.8) is 0 Å². The normalized spacial score (nSPS) is 10.6. The van der Waals surface area contributed by atoms with Crippen molar-refractivity contribution >= 4 is 23.2 Å². The first-order valence-corrected chi connectivity index (χ1v) is 9.18. The first-order valence-electron chi connectivity index (χ1n) is 9.18. The Balaban J connectivity index is 1.64. The lowest BCUT2D eigenvalue weighted by Crippen LogP contribution is -2.18. The van der Waals surface area contributed by atoms with Gasteiger partial charge in [-0.3, -0.25) is 14.6 Å². The highest BCUT2D eigenvalue weighted by Crippen LogP contribution is 2.23. The molecule has 2 aromatic heterocycles. The fourth-order valence-electron chi connectivity index (χ4n) is 2.56. The Kier molecular flexibility index (Phi) is 6.62. The van der Waals surface area contributed by atoms with Crippen LogP contribution in [0.4, 0.5) is 15.8 Å². The van der Waals surface area contributed by atoms with Crippen LogP contribution in [0.3, 0.4) is 0 Å². The van der Waals surface area contributed by atoms with E-state index in [4.69, 9.17) is 4.52 Å². The number of anilines is 2. The first-order chi connectivity index (χ1) is 14.0. The molecule has 2 heterocycles. The zero-order chi connectivity index (χ0) is 20.6. The molecule has 2 amide bonds. The van der Waals surface area contributed by atoms with Gasteiger partial charge in [-0.25, -0.2) is 4.39 Å². The number of hydrogen-bond acceptors (Lipinski definition) is 6. The van der Waals surface area contributed by atoms with Crippen molar-refractivity contribution in [2.75, 3.05) is 10.6 Å². The molecule has 0 bridgehead atoms. The fraction of sp³-hybridized carbons (Fsp3) is 0.250. The summed E-state index contributed by atoms with van der Waals surface area (Å²) < 4.78 is 18.8. The quantitative estimate of drug-likeness (QED) is 0.603. The Morgan fingerprint density at radius 1 is 1.10 bits per heavy atom. The Labute approximate surface area is 166 Å². The lowest BCUT2D eigenvalue weighted by molar-refractivity contribution is -0.116. The molecular formula is C20H20FN5O3. The van der Waals surface area contributed by atoms with Gasteiger partial charge < -0.3 is 15.2 Å². The molecular weight excluding hydrogens is 377 g/mol. The molecule has 0 unspecified atom stereocenters. The van der Waals surface area contributed by atoms with Crippen molar-refractivity contribution in [1.82, 2.24) is 15.1 Å². The standard InChI is InChI=1S/C20H20FN5O3/c1-2-5-17-25-19(29-26-17)10-9-18(27)23-16-12-13(21)7-8-14(16)24-20(28)15-6-3-4-11-22-15/h3-4,6-8,11-12H,2,5,9-10H2,1H3,(H,23,27)(H,24,28). The molecule has 9 heteroatoms. The molecule has 0 aliphatic rings. The number of aryl methyl sites for hydroxylation is 2. The van der Waals surface area contributed by atoms with Gasteiger partial charge in [0.1, 0.15) is 11.5 Å². The van der Waals surface area contributed by atoms with Gasteiger partial charge in [0, 0.05) is 25.5 Å². The monoisotopic (exact) mass is 397 g/mol. The number of hydrogen-bond donors (Lipinski definition) is 2. The maximum Gasteiger partial charge on any atom is 0.274 e. The summed E-state index contributed by atoms with van der Waals surface area (Å²) in [5.74, 6) is -0.419. The first kappa shape index (κ1) is 20.1. The predicted molar refractivity (Wildman–Crippen MR) is 104 cm³/mol. The van der Waals surface area contributed by atoms with Crippen LogP contribution in [0.15, 0.2) is 47.1 Å². The maximum absolute atomic E-state index is 13.7. The second-order valence-electron chi connectivity index (χ2n) is 6.26. The van der Waals surface area contributed by atoms with Gasteiger partial charge in [-0.1, -0.05) is 18.1 Å². The molecule has 0 saturated heterocycles. The van der Waals surface area contributed by atoms with Crippen LogP contribution in [0.2, 0.25) is 0 Å². The van der Waals surface area contributed by atoms with E-state index in [1.807, 2.05) is 6.92 Å². The van der Waals surface area contributed by atoms with Gasteiger partial charge in [-0.2, -0.15) is 4.98 Å². The third-order valence-electron chi connectivity index (χ3n) is 3.95. The van der Waals surface area contributed by atoms with Gasteiger partial charge in [0.15, 0.2) is 5.82 Å². The van der Waals surface area contributed by atoms with E-state index in [0.29, 0.717) is 18.1 Å². The van der Waals surface area contributed by atoms with Crippen molar-refractivity contribution < 1.29 is 18.5 Å². The van der Waals surface area contributed by atoms with Gasteiger partial charge in [0.25, 0.3) is 5.91 Å². The minimum Gasteiger partial charge on any atom is -0.339 e. The highest BCUT2D eigenvalue weighted by Gasteiger charge is 2.14. The highest BCUT2D eigenvalue weighted by molar-refractivity contribution is 6.06. The molecule has 0 spiro atoms. The van der Waals surface area contributed by atoms with E-state index in [1.54, 1.807) is 18.2 Å². The number of halogens is 1. The van der Waals surface area contributed by atoms with Gasteiger partial charge in [0.05, 0.1) is 11.4 Å². The van der Waals surface area contributed by atoms with E-state index in [0.717, 1.165) is 12.5 Å². The molecule has 29 heavy (non-hydrogen) atoms. The van der Waals surface area contributed by atoms with Crippen LogP contribution >= 0.6 is 0 Å². The molecule has 2 N–H and O–H groups in total. The lowest BCUT2D eigenvalue weighted by Gasteiger charge is -2.12. The number of aromatic nitrogens is 3. The van der Waals surface area contributed by atoms with Crippen LogP contribution in [-0.4, -0.2) is 26.9 Å². The minimum atomic E-state index is -0.544. The summed E-state index contributed by atoms with van der Waals surface area (Å²) in [6, 6.07) is 8.62. The predicted octanol–water partition coefficient (Wildman–Crippen LogP) is 3.38. The van der Waals surface area contributed by atoms with Gasteiger partial charge in [-0.15, -0.1) is 0 Å². The SMILES string of the molecule is CCCc1noc(CCC(=O)Nc2cc(F)ccc2NC(=O)c2ccccn2)n1. The van der Waals surface area contributed by atoms with Crippen molar-refractivity contribution in [3.8, 4) is 0 Å². The Morgan fingerprint density at radius 3 is 2.72 bits per heavy atom. The Morgan fingerprint density at radius 2 is 1.97 bits per heavy atom. The number of pyridine rings is 1. The molecule has 0 saturated carbocycles. The summed E-state index contributed by atoms with van der Waals surface area (Å²) in [7, 11) is 0. The topological polar surface area (TPSA) is 110 Å². The number of nitrogens with zero attached hydrogens (tertiary/aromatic N) is 3. The third kappa shape index (κ3) is 5.68. The summed E-state index contributed by atoms with van der Waals surface area (Å²) in [5.41, 5.74) is 0.614. The lowest BCUT2D eigenvalue weighted by atomic mass is 10.2. The molecule has 1 aromatic carbocycles. The van der Waals surface area contributed by atoms with Gasteiger partial charge in [-0.05, 0) is 36.8 Å². The third-order valence-corrected chi connectivity index (χ3v) is 3.95. The molecule has 0 aliphatic carbocycles. The number of carbonyl (C=O) groups excluding carboxylic acids is 2. The second-order valence-corrected chi connectivity index (χ2v) is 6.26. The second kappa shape index (κ2) is 9.54. The van der Waals surface area contributed by atoms with Gasteiger partial charge in [0.2, 0.25) is 11.8 Å². The average Bonchev–Trinajstić information content (AvgIpc) is 3.17. The smallest absolute Gasteiger partial charge is 0.274 e. The summed E-state index contributed by atoms with van der Waals surface area (Å²) in [6.45, 7) is 2.01. The average molecular weight is 397 g/mol. The maximum atomic E-state index is 13.7. The molecule has 0 fully saturated rings. The van der Waals surface area contributed by atoms with Crippen molar-refractivity contribution in [2.45, 2.75) is 32.6 Å². The summed E-state index contributed by atoms with van der Waals surface area (Å²) >= 11 is 0. The molecule has 150 valence electrons. The number of carbonyl (C=O) groups is 2. The number of amides is 2. The van der Waals surface area contributed by atoms with E-state index in [2.05, 4.69) is 25.8 Å². The molecule has 0 aliphatic heterocycles. The molecule has 0 atom stereocenters. The van der Waals surface area contributed by atoms with Crippen LogP contribution in [0.1, 0.15) is 42.0 Å². The summed E-state index contributed by atoms with van der Waals surface area (Å²) in [5, 5.41) is 9.07. The largest absolute Gasteiger partial charge is 0.339 e. The van der Waals surface area contributed by atoms with E-state index >= 15 is 0 Å². The molecule has 0 radical (unpaired) electrons. The van der Waals surface area contributed by atoms with E-state index in [1.165, 1.54) is 18.3 Å². The molecule has 3 aromatic rings. The molecule has 8 nitrogen and oxygen atoms in total. The van der Waals surface area contributed by atoms with Gasteiger partial charge >= 0.3 is 0 Å². The van der Waals surface area contributed by atoms with Crippen LogP contribution in [-0.2, 0) is 17.6 Å². The number of nitrogens with one attached hydrogen (secondary N) is 2. The summed E-state index contributed by atoms with van der Waals surface area (Å²) in [6.07, 6.45) is 3.42. The van der Waals surface area contributed by atoms with Crippen molar-refractivity contribution in [3.05, 3.63) is 65.8 Å². The highest BCUT2D eigenvalue weighted by atomic mass is 19.1. The van der Waals surface area contributed by atoms with E-state index < -0.39 is 11.7 Å². The summed E-state index contributed by atoms with van der Waals surface area (Å²) in [4.78, 5) is 32.8. The van der Waals surface area contributed by atoms with Crippen LogP contribution in [0.5, 0.6) is 0 Å². The van der Waals surface area contributed by atoms with Crippen LogP contribution < -0.4 is 10.6 Å². The van der Waals surface area contributed by atoms with E-state index in [9.17, 15) is 14.0 Å². The minimum absolute atomic E-state index is 0.0674. The number of benzene rings is 1. The molecule has 3 rings (SSSR count). The van der Waals surface area contributed by atoms with E-state index in [-0.39, 0.29) is 35.8 Å². The zero-order valence-electron chi connectivity index (χ0n) is 15.8. The van der Waals surface area contributed by atoms with Crippen molar-refractivity contribution in [1.29, 1.82) is 0 Å². The fourth-order valence-corrected chi connectivity index (χ4v) is 2.56. The zero-order valence-corrected chi connectivity index (χ0v) is 15.8. The van der Waals surface area contributed by atoms with Crippen molar-refractivity contribution in [2.24, 2.45) is 0 Å². The Hall–Kier alpha value is -3.62. The van der Waals surface area contributed by atoms with Crippen LogP contribution in [0.25, 0.3) is 0 Å². The number of rotatable bonds is 8. The Bertz CT molecular complexity index is 991.